The zero-order valence-corrected chi connectivity index (χ0v) is 14.1. The molecule has 0 spiro atoms. The number of amides is 1. The van der Waals surface area contributed by atoms with E-state index in [2.05, 4.69) is 4.98 Å². The van der Waals surface area contributed by atoms with Crippen LogP contribution in [0.3, 0.4) is 0 Å². The van der Waals surface area contributed by atoms with Crippen LogP contribution in [0.5, 0.6) is 11.5 Å². The maximum atomic E-state index is 12.5. The van der Waals surface area contributed by atoms with Crippen molar-refractivity contribution < 1.29 is 14.3 Å². The summed E-state index contributed by atoms with van der Waals surface area (Å²) in [4.78, 5) is 18.3. The van der Waals surface area contributed by atoms with Gasteiger partial charge in [0.15, 0.2) is 11.5 Å². The van der Waals surface area contributed by atoms with Crippen LogP contribution in [0.1, 0.15) is 30.5 Å². The molecular weight excluding hydrogens is 304 g/mol. The maximum absolute atomic E-state index is 12.5. The number of carbonyl (C=O) groups is 1. The van der Waals surface area contributed by atoms with Crippen molar-refractivity contribution in [3.05, 3.63) is 53.9 Å². The monoisotopic (exact) mass is 326 g/mol. The second-order valence-electron chi connectivity index (χ2n) is 5.94. The van der Waals surface area contributed by atoms with Gasteiger partial charge in [0.2, 0.25) is 5.91 Å². The number of nitrogens with zero attached hydrogens (tertiary/aromatic N) is 2. The van der Waals surface area contributed by atoms with E-state index in [4.69, 9.17) is 9.47 Å². The molecule has 5 heteroatoms. The van der Waals surface area contributed by atoms with Crippen LogP contribution in [0, 0.1) is 0 Å². The topological polar surface area (TPSA) is 51.7 Å². The van der Waals surface area contributed by atoms with Crippen molar-refractivity contribution in [3.8, 4) is 11.5 Å². The third-order valence-electron chi connectivity index (χ3n) is 4.37. The fourth-order valence-electron chi connectivity index (χ4n) is 2.73. The first-order valence-electron chi connectivity index (χ1n) is 8.19. The predicted molar refractivity (Wildman–Crippen MR) is 91.2 cm³/mol. The van der Waals surface area contributed by atoms with Gasteiger partial charge in [-0.1, -0.05) is 12.1 Å². The first-order chi connectivity index (χ1) is 11.6. The SMILES string of the molecule is C[C@H](c1ccc2c(c1)OCCO2)N(C)C(=O)CCc1cccnc1. The normalized spacial score (nSPS) is 14.1. The van der Waals surface area contributed by atoms with E-state index in [0.29, 0.717) is 26.1 Å². The standard InChI is InChI=1S/C19H22N2O3/c1-14(16-6-7-17-18(12-16)24-11-10-23-17)21(2)19(22)8-5-15-4-3-9-20-13-15/h3-4,6-7,9,12-14H,5,8,10-11H2,1-2H3/t14-/m1/s1. The van der Waals surface area contributed by atoms with E-state index in [0.717, 1.165) is 22.6 Å². The number of fused-ring (bicyclic) bond motifs is 1. The zero-order chi connectivity index (χ0) is 16.9. The highest BCUT2D eigenvalue weighted by atomic mass is 16.6. The van der Waals surface area contributed by atoms with Crippen molar-refractivity contribution >= 4 is 5.91 Å². The molecule has 1 aliphatic heterocycles. The number of aromatic nitrogens is 1. The molecule has 0 fully saturated rings. The number of rotatable bonds is 5. The molecule has 2 aromatic rings. The van der Waals surface area contributed by atoms with Crippen LogP contribution in [0.25, 0.3) is 0 Å². The Morgan fingerprint density at radius 1 is 1.25 bits per heavy atom. The lowest BCUT2D eigenvalue weighted by atomic mass is 10.1. The number of aryl methyl sites for hydroxylation is 1. The van der Waals surface area contributed by atoms with Crippen LogP contribution in [0.15, 0.2) is 42.7 Å². The third kappa shape index (κ3) is 3.67. The van der Waals surface area contributed by atoms with Gasteiger partial charge in [-0.2, -0.15) is 0 Å². The van der Waals surface area contributed by atoms with Crippen molar-refractivity contribution in [2.75, 3.05) is 20.3 Å². The molecule has 24 heavy (non-hydrogen) atoms. The highest BCUT2D eigenvalue weighted by Crippen LogP contribution is 2.33. The van der Waals surface area contributed by atoms with Crippen LogP contribution in [-0.4, -0.2) is 36.1 Å². The Balaban J connectivity index is 1.63. The minimum Gasteiger partial charge on any atom is -0.486 e. The molecule has 0 aliphatic carbocycles. The van der Waals surface area contributed by atoms with E-state index < -0.39 is 0 Å². The Kier molecular flexibility index (Phi) is 4.99. The second-order valence-corrected chi connectivity index (χ2v) is 5.94. The van der Waals surface area contributed by atoms with Crippen LogP contribution in [-0.2, 0) is 11.2 Å². The van der Waals surface area contributed by atoms with E-state index in [1.165, 1.54) is 0 Å². The highest BCUT2D eigenvalue weighted by molar-refractivity contribution is 5.76. The fourth-order valence-corrected chi connectivity index (χ4v) is 2.73. The Morgan fingerprint density at radius 2 is 2.04 bits per heavy atom. The fraction of sp³-hybridized carbons (Fsp3) is 0.368. The van der Waals surface area contributed by atoms with Gasteiger partial charge < -0.3 is 14.4 Å². The second kappa shape index (κ2) is 7.34. The number of hydrogen-bond acceptors (Lipinski definition) is 4. The van der Waals surface area contributed by atoms with Gasteiger partial charge in [-0.25, -0.2) is 0 Å². The summed E-state index contributed by atoms with van der Waals surface area (Å²) in [6.45, 7) is 3.16. The maximum Gasteiger partial charge on any atom is 0.223 e. The molecule has 2 heterocycles. The lowest BCUT2D eigenvalue weighted by Crippen LogP contribution is -2.30. The molecule has 0 N–H and O–H groups in total. The lowest BCUT2D eigenvalue weighted by molar-refractivity contribution is -0.131. The van der Waals surface area contributed by atoms with E-state index in [-0.39, 0.29) is 11.9 Å². The molecule has 5 nitrogen and oxygen atoms in total. The molecular formula is C19H22N2O3. The summed E-state index contributed by atoms with van der Waals surface area (Å²) < 4.78 is 11.2. The number of carbonyl (C=O) groups excluding carboxylic acids is 1. The average molecular weight is 326 g/mol. The molecule has 1 atom stereocenters. The molecule has 0 bridgehead atoms. The molecule has 1 aromatic heterocycles. The summed E-state index contributed by atoms with van der Waals surface area (Å²) in [5.74, 6) is 1.63. The van der Waals surface area contributed by atoms with Gasteiger partial charge >= 0.3 is 0 Å². The van der Waals surface area contributed by atoms with Crippen LogP contribution in [0.4, 0.5) is 0 Å². The minimum atomic E-state index is -0.0257. The number of pyridine rings is 1. The quantitative estimate of drug-likeness (QED) is 0.847. The van der Waals surface area contributed by atoms with E-state index >= 15 is 0 Å². The van der Waals surface area contributed by atoms with Gasteiger partial charge in [-0.15, -0.1) is 0 Å². The van der Waals surface area contributed by atoms with Crippen molar-refractivity contribution in [3.63, 3.8) is 0 Å². The van der Waals surface area contributed by atoms with Gasteiger partial charge in [0.05, 0.1) is 6.04 Å². The van der Waals surface area contributed by atoms with Gasteiger partial charge in [0.25, 0.3) is 0 Å². The van der Waals surface area contributed by atoms with Crippen molar-refractivity contribution in [1.29, 1.82) is 0 Å². The third-order valence-corrected chi connectivity index (χ3v) is 4.37. The Labute approximate surface area is 142 Å². The first-order valence-corrected chi connectivity index (χ1v) is 8.19. The minimum absolute atomic E-state index is 0.0257. The number of benzene rings is 1. The van der Waals surface area contributed by atoms with Crippen LogP contribution >= 0.6 is 0 Å². The number of hydrogen-bond donors (Lipinski definition) is 0. The molecule has 3 rings (SSSR count). The zero-order valence-electron chi connectivity index (χ0n) is 14.1. The summed E-state index contributed by atoms with van der Waals surface area (Å²) in [6, 6.07) is 9.72. The molecule has 0 unspecified atom stereocenters. The van der Waals surface area contributed by atoms with Crippen molar-refractivity contribution in [1.82, 2.24) is 9.88 Å². The highest BCUT2D eigenvalue weighted by Gasteiger charge is 2.20. The van der Waals surface area contributed by atoms with Crippen molar-refractivity contribution in [2.45, 2.75) is 25.8 Å². The predicted octanol–water partition coefficient (Wildman–Crippen LogP) is 3.01. The Hall–Kier alpha value is -2.56. The summed E-state index contributed by atoms with van der Waals surface area (Å²) in [5, 5.41) is 0. The number of ether oxygens (including phenoxy) is 2. The Bertz CT molecular complexity index is 703. The van der Waals surface area contributed by atoms with E-state index in [1.807, 2.05) is 44.3 Å². The summed E-state index contributed by atoms with van der Waals surface area (Å²) in [7, 11) is 1.84. The van der Waals surface area contributed by atoms with Gasteiger partial charge in [0, 0.05) is 25.9 Å². The van der Waals surface area contributed by atoms with Crippen LogP contribution in [0.2, 0.25) is 0 Å². The van der Waals surface area contributed by atoms with Gasteiger partial charge in [-0.05, 0) is 42.7 Å². The Morgan fingerprint density at radius 3 is 2.79 bits per heavy atom. The molecule has 0 saturated carbocycles. The summed E-state index contributed by atoms with van der Waals surface area (Å²) in [5.41, 5.74) is 2.11. The summed E-state index contributed by atoms with van der Waals surface area (Å²) >= 11 is 0. The van der Waals surface area contributed by atoms with Crippen LogP contribution < -0.4 is 9.47 Å². The smallest absolute Gasteiger partial charge is 0.223 e. The average Bonchev–Trinajstić information content (AvgIpc) is 2.65. The van der Waals surface area contributed by atoms with Crippen molar-refractivity contribution in [2.24, 2.45) is 0 Å². The molecule has 1 aromatic carbocycles. The molecule has 0 saturated heterocycles. The van der Waals surface area contributed by atoms with Gasteiger partial charge in [-0.3, -0.25) is 9.78 Å². The van der Waals surface area contributed by atoms with Gasteiger partial charge in [0.1, 0.15) is 13.2 Å². The van der Waals surface area contributed by atoms with E-state index in [9.17, 15) is 4.79 Å². The molecule has 126 valence electrons. The molecule has 1 amide bonds. The molecule has 1 aliphatic rings. The summed E-state index contributed by atoms with van der Waals surface area (Å²) in [6.07, 6.45) is 4.71. The van der Waals surface area contributed by atoms with E-state index in [1.54, 1.807) is 17.3 Å². The molecule has 0 radical (unpaired) electrons. The largest absolute Gasteiger partial charge is 0.486 e. The lowest BCUT2D eigenvalue weighted by Gasteiger charge is -2.27. The first kappa shape index (κ1) is 16.3.